The van der Waals surface area contributed by atoms with Gasteiger partial charge >= 0.3 is 5.97 Å². The molecular formula is C15H19FN2O2+2. The molecule has 0 fully saturated rings. The zero-order valence-corrected chi connectivity index (χ0v) is 11.5. The Morgan fingerprint density at radius 3 is 2.85 bits per heavy atom. The van der Waals surface area contributed by atoms with Gasteiger partial charge in [-0.05, 0) is 25.8 Å². The topological polar surface area (TPSA) is 68.5 Å². The number of benzene rings is 1. The summed E-state index contributed by atoms with van der Waals surface area (Å²) in [5.41, 5.74) is 2.36. The molecule has 0 aliphatic heterocycles. The lowest BCUT2D eigenvalue weighted by atomic mass is 10.1. The number of rotatable bonds is 5. The second-order valence-electron chi connectivity index (χ2n) is 4.66. The number of esters is 1. The van der Waals surface area contributed by atoms with Crippen molar-refractivity contribution in [3.05, 3.63) is 41.4 Å². The minimum atomic E-state index is -0.496. The normalized spacial score (nSPS) is 14.5. The molecule has 1 aromatic carbocycles. The van der Waals surface area contributed by atoms with Crippen LogP contribution in [0.3, 0.4) is 0 Å². The molecule has 0 amide bonds. The van der Waals surface area contributed by atoms with E-state index in [1.165, 1.54) is 6.07 Å². The van der Waals surface area contributed by atoms with E-state index in [2.05, 4.69) is 0 Å². The summed E-state index contributed by atoms with van der Waals surface area (Å²) in [6.45, 7) is 2.03. The van der Waals surface area contributed by atoms with Crippen LogP contribution in [0.4, 0.5) is 10.1 Å². The molecule has 0 spiro atoms. The number of hydrogen-bond donors (Lipinski definition) is 2. The highest BCUT2D eigenvalue weighted by atomic mass is 19.1. The standard InChI is InChI=1S/C15H17FN2O2/c1-2-20-15(19)14(17)10-6-5-9-12(10)18-13-8-4-3-7-11(13)16/h3-4,7-8,17-18H,2,5-6,9H2,1H3/p+2. The number of halogens is 1. The molecule has 0 atom stereocenters. The molecule has 0 bridgehead atoms. The van der Waals surface area contributed by atoms with Crippen LogP contribution in [0, 0.1) is 5.82 Å². The van der Waals surface area contributed by atoms with E-state index in [-0.39, 0.29) is 11.5 Å². The summed E-state index contributed by atoms with van der Waals surface area (Å²) >= 11 is 0. The van der Waals surface area contributed by atoms with Crippen LogP contribution >= 0.6 is 0 Å². The molecule has 0 saturated heterocycles. The molecule has 0 aromatic heterocycles. The average molecular weight is 278 g/mol. The van der Waals surface area contributed by atoms with E-state index in [1.807, 2.05) is 0 Å². The zero-order valence-electron chi connectivity index (χ0n) is 11.5. The molecule has 0 heterocycles. The summed E-state index contributed by atoms with van der Waals surface area (Å²) in [7, 11) is 0. The minimum Gasteiger partial charge on any atom is -0.458 e. The van der Waals surface area contributed by atoms with Crippen LogP contribution < -0.4 is 10.7 Å². The van der Waals surface area contributed by atoms with Gasteiger partial charge in [0.15, 0.2) is 11.5 Å². The van der Waals surface area contributed by atoms with Crippen LogP contribution in [0.2, 0.25) is 0 Å². The van der Waals surface area contributed by atoms with Crippen molar-refractivity contribution >= 4 is 17.4 Å². The quantitative estimate of drug-likeness (QED) is 0.460. The second kappa shape index (κ2) is 6.43. The Hall–Kier alpha value is -2.01. The van der Waals surface area contributed by atoms with E-state index >= 15 is 0 Å². The van der Waals surface area contributed by atoms with Gasteiger partial charge in [0.1, 0.15) is 5.70 Å². The second-order valence-corrected chi connectivity index (χ2v) is 4.66. The summed E-state index contributed by atoms with van der Waals surface area (Å²) < 4.78 is 18.6. The maximum Gasteiger partial charge on any atom is 0.403 e. The van der Waals surface area contributed by atoms with Crippen molar-refractivity contribution in [2.45, 2.75) is 26.2 Å². The van der Waals surface area contributed by atoms with E-state index in [4.69, 9.17) is 10.1 Å². The predicted molar refractivity (Wildman–Crippen MR) is 72.4 cm³/mol. The van der Waals surface area contributed by atoms with Crippen molar-refractivity contribution in [1.82, 2.24) is 0 Å². The molecule has 5 heteroatoms. The molecule has 4 N–H and O–H groups in total. The number of nitrogens with two attached hydrogens (primary N) is 2. The third-order valence-corrected chi connectivity index (χ3v) is 3.32. The van der Waals surface area contributed by atoms with E-state index in [9.17, 15) is 9.18 Å². The maximum atomic E-state index is 13.7. The first kappa shape index (κ1) is 14.4. The van der Waals surface area contributed by atoms with Crippen molar-refractivity contribution in [2.75, 3.05) is 6.61 Å². The number of carbonyl (C=O) groups is 1. The maximum absolute atomic E-state index is 13.7. The first-order valence-electron chi connectivity index (χ1n) is 6.74. The first-order valence-corrected chi connectivity index (χ1v) is 6.74. The monoisotopic (exact) mass is 278 g/mol. The lowest BCUT2D eigenvalue weighted by molar-refractivity contribution is -0.522. The SMILES string of the molecule is CCOC(=O)C(=[NH2+])C1=C([NH2+]c2ccccc2F)CCC1. The Kier molecular flexibility index (Phi) is 4.63. The largest absolute Gasteiger partial charge is 0.458 e. The van der Waals surface area contributed by atoms with Gasteiger partial charge in [0, 0.05) is 12.5 Å². The van der Waals surface area contributed by atoms with Crippen LogP contribution in [0.5, 0.6) is 0 Å². The van der Waals surface area contributed by atoms with Crippen LogP contribution in [0.1, 0.15) is 26.2 Å². The van der Waals surface area contributed by atoms with Gasteiger partial charge in [-0.15, -0.1) is 0 Å². The summed E-state index contributed by atoms with van der Waals surface area (Å²) in [5.74, 6) is -0.773. The Bertz CT molecular complexity index is 567. The van der Waals surface area contributed by atoms with Crippen molar-refractivity contribution in [2.24, 2.45) is 0 Å². The molecule has 20 heavy (non-hydrogen) atoms. The van der Waals surface area contributed by atoms with Crippen molar-refractivity contribution < 1.29 is 24.6 Å². The summed E-state index contributed by atoms with van der Waals surface area (Å²) in [4.78, 5) is 11.7. The van der Waals surface area contributed by atoms with Gasteiger partial charge in [-0.3, -0.25) is 5.32 Å². The van der Waals surface area contributed by atoms with Gasteiger partial charge in [-0.2, -0.15) is 0 Å². The van der Waals surface area contributed by atoms with Gasteiger partial charge in [-0.25, -0.2) is 14.6 Å². The highest BCUT2D eigenvalue weighted by Crippen LogP contribution is 2.23. The van der Waals surface area contributed by atoms with Crippen LogP contribution in [0.15, 0.2) is 35.5 Å². The summed E-state index contributed by atoms with van der Waals surface area (Å²) in [5, 5.41) is 7.63. The number of quaternary nitrogens is 1. The zero-order chi connectivity index (χ0) is 14.5. The molecule has 0 saturated carbocycles. The highest BCUT2D eigenvalue weighted by Gasteiger charge is 2.31. The molecule has 0 radical (unpaired) electrons. The number of para-hydroxylation sites is 1. The van der Waals surface area contributed by atoms with Gasteiger partial charge in [0.2, 0.25) is 0 Å². The highest BCUT2D eigenvalue weighted by molar-refractivity contribution is 6.40. The number of carbonyl (C=O) groups excluding carboxylic acids is 1. The Labute approximate surface area is 117 Å². The van der Waals surface area contributed by atoms with Gasteiger partial charge in [0.25, 0.3) is 5.71 Å². The smallest absolute Gasteiger partial charge is 0.403 e. The molecule has 1 aliphatic carbocycles. The minimum absolute atomic E-state index is 0.145. The lowest BCUT2D eigenvalue weighted by Crippen LogP contribution is -2.76. The Morgan fingerprint density at radius 1 is 1.40 bits per heavy atom. The van der Waals surface area contributed by atoms with Crippen LogP contribution in [-0.4, -0.2) is 18.3 Å². The van der Waals surface area contributed by atoms with E-state index in [0.717, 1.165) is 30.5 Å². The van der Waals surface area contributed by atoms with Crippen LogP contribution in [0.25, 0.3) is 0 Å². The molecule has 4 nitrogen and oxygen atoms in total. The van der Waals surface area contributed by atoms with Crippen molar-refractivity contribution in [3.63, 3.8) is 0 Å². The van der Waals surface area contributed by atoms with Crippen LogP contribution in [-0.2, 0) is 9.53 Å². The van der Waals surface area contributed by atoms with E-state index < -0.39 is 5.97 Å². The fourth-order valence-corrected chi connectivity index (χ4v) is 2.35. The Balaban J connectivity index is 2.20. The summed E-state index contributed by atoms with van der Waals surface area (Å²) in [6.07, 6.45) is 2.43. The Morgan fingerprint density at radius 2 is 2.15 bits per heavy atom. The summed E-state index contributed by atoms with van der Waals surface area (Å²) in [6, 6.07) is 6.55. The first-order chi connectivity index (χ1) is 9.63. The predicted octanol–water partition coefficient (Wildman–Crippen LogP) is 0.222. The van der Waals surface area contributed by atoms with Gasteiger partial charge < -0.3 is 4.74 Å². The molecular weight excluding hydrogens is 259 g/mol. The molecule has 2 rings (SSSR count). The van der Waals surface area contributed by atoms with Gasteiger partial charge in [-0.1, -0.05) is 12.1 Å². The lowest BCUT2D eigenvalue weighted by Gasteiger charge is -2.04. The van der Waals surface area contributed by atoms with Crippen molar-refractivity contribution in [1.29, 1.82) is 0 Å². The molecule has 106 valence electrons. The van der Waals surface area contributed by atoms with Gasteiger partial charge in [0.05, 0.1) is 12.2 Å². The number of hydrogen-bond acceptors (Lipinski definition) is 2. The molecule has 1 aromatic rings. The fourth-order valence-electron chi connectivity index (χ4n) is 2.35. The van der Waals surface area contributed by atoms with E-state index in [1.54, 1.807) is 30.4 Å². The number of allylic oxidation sites excluding steroid dienone is 1. The number of ether oxygens (including phenoxy) is 1. The third-order valence-electron chi connectivity index (χ3n) is 3.32. The fraction of sp³-hybridized carbons (Fsp3) is 0.333. The van der Waals surface area contributed by atoms with E-state index in [0.29, 0.717) is 12.3 Å². The average Bonchev–Trinajstić information content (AvgIpc) is 2.89. The van der Waals surface area contributed by atoms with Crippen molar-refractivity contribution in [3.8, 4) is 0 Å². The molecule has 0 unspecified atom stereocenters. The third kappa shape index (κ3) is 3.11. The molecule has 1 aliphatic rings.